The Labute approximate surface area is 121 Å². The Morgan fingerprint density at radius 3 is 2.78 bits per heavy atom. The standard InChI is InChI=1S/C8H18N3O3PS3/c1-7(17-4)11-14-8(12)9-6-18-10-5-15(3,16)13-2/h10H,5-6H2,1-4H3,(H,9,12). The Hall–Kier alpha value is 0.210. The smallest absolute Gasteiger partial charge is 0.353 e. The van der Waals surface area contributed by atoms with Gasteiger partial charge in [0.25, 0.3) is 0 Å². The summed E-state index contributed by atoms with van der Waals surface area (Å²) in [5, 5.41) is 6.81. The van der Waals surface area contributed by atoms with E-state index in [1.165, 1.54) is 23.7 Å². The first-order valence-electron chi connectivity index (χ1n) is 4.91. The van der Waals surface area contributed by atoms with Crippen LogP contribution in [0.1, 0.15) is 6.92 Å². The van der Waals surface area contributed by atoms with Gasteiger partial charge in [-0.2, -0.15) is 0 Å². The van der Waals surface area contributed by atoms with E-state index in [1.807, 2.05) is 12.9 Å². The monoisotopic (exact) mass is 331 g/mol. The van der Waals surface area contributed by atoms with E-state index < -0.39 is 12.4 Å². The number of hydrogen-bond acceptors (Lipinski definition) is 8. The van der Waals surface area contributed by atoms with Crippen LogP contribution in [0.2, 0.25) is 0 Å². The Morgan fingerprint density at radius 1 is 1.56 bits per heavy atom. The van der Waals surface area contributed by atoms with Gasteiger partial charge in [0, 0.05) is 7.11 Å². The molecule has 0 aromatic rings. The van der Waals surface area contributed by atoms with Gasteiger partial charge in [-0.3, -0.25) is 9.56 Å². The van der Waals surface area contributed by atoms with Gasteiger partial charge in [-0.25, -0.2) is 4.79 Å². The molecule has 0 aliphatic heterocycles. The average Bonchev–Trinajstić information content (AvgIpc) is 2.35. The first-order valence-corrected chi connectivity index (χ1v) is 10.5. The van der Waals surface area contributed by atoms with Crippen LogP contribution < -0.4 is 10.0 Å². The van der Waals surface area contributed by atoms with Crippen LogP contribution in [0, 0.1) is 0 Å². The molecule has 1 atom stereocenters. The average molecular weight is 331 g/mol. The van der Waals surface area contributed by atoms with E-state index in [-0.39, 0.29) is 0 Å². The highest BCUT2D eigenvalue weighted by Crippen LogP contribution is 2.40. The topological polar surface area (TPSA) is 72.0 Å². The molecule has 0 radical (unpaired) electrons. The third kappa shape index (κ3) is 10.2. The number of nitrogens with zero attached hydrogens (tertiary/aromatic N) is 1. The van der Waals surface area contributed by atoms with Gasteiger partial charge in [0.1, 0.15) is 5.04 Å². The Bertz CT molecular complexity index is 341. The maximum absolute atomic E-state index is 11.2. The van der Waals surface area contributed by atoms with Crippen LogP contribution in [0.4, 0.5) is 4.79 Å². The Kier molecular flexibility index (Phi) is 10.2. The van der Waals surface area contributed by atoms with Crippen LogP contribution >= 0.6 is 30.0 Å². The normalized spacial score (nSPS) is 15.0. The molecule has 1 amide bonds. The predicted octanol–water partition coefficient (Wildman–Crippen LogP) is 2.23. The third-order valence-electron chi connectivity index (χ3n) is 1.68. The summed E-state index contributed by atoms with van der Waals surface area (Å²) in [6.45, 7) is 3.66. The van der Waals surface area contributed by atoms with Crippen molar-refractivity contribution in [3.05, 3.63) is 0 Å². The van der Waals surface area contributed by atoms with Crippen molar-refractivity contribution in [2.24, 2.45) is 5.16 Å². The molecule has 0 aromatic heterocycles. The number of carbonyl (C=O) groups excluding carboxylic acids is 1. The van der Waals surface area contributed by atoms with E-state index in [2.05, 4.69) is 20.0 Å². The van der Waals surface area contributed by atoms with Gasteiger partial charge in [-0.05, 0) is 19.8 Å². The lowest BCUT2D eigenvalue weighted by Gasteiger charge is -2.14. The van der Waals surface area contributed by atoms with E-state index in [4.69, 9.17) is 16.3 Å². The van der Waals surface area contributed by atoms with E-state index >= 15 is 0 Å². The minimum atomic E-state index is -1.73. The number of amides is 1. The zero-order chi connectivity index (χ0) is 14.0. The number of carbonyl (C=O) groups is 1. The summed E-state index contributed by atoms with van der Waals surface area (Å²) >= 11 is 7.95. The molecule has 2 N–H and O–H groups in total. The predicted molar refractivity (Wildman–Crippen MR) is 83.9 cm³/mol. The highest BCUT2D eigenvalue weighted by molar-refractivity contribution is 8.13. The lowest BCUT2D eigenvalue weighted by atomic mass is 10.9. The van der Waals surface area contributed by atoms with E-state index in [0.29, 0.717) is 17.2 Å². The summed E-state index contributed by atoms with van der Waals surface area (Å²) in [5.74, 6) is 0.367. The molecule has 0 aliphatic rings. The third-order valence-corrected chi connectivity index (χ3v) is 5.54. The zero-order valence-corrected chi connectivity index (χ0v) is 14.1. The van der Waals surface area contributed by atoms with E-state index in [9.17, 15) is 4.79 Å². The number of thioether (sulfide) groups is 1. The van der Waals surface area contributed by atoms with Gasteiger partial charge < -0.3 is 9.84 Å². The second kappa shape index (κ2) is 10.1. The molecule has 0 heterocycles. The van der Waals surface area contributed by atoms with Crippen molar-refractivity contribution in [2.75, 3.05) is 32.2 Å². The lowest BCUT2D eigenvalue weighted by Crippen LogP contribution is -2.24. The summed E-state index contributed by atoms with van der Waals surface area (Å²) in [5.41, 5.74) is 0. The van der Waals surface area contributed by atoms with Crippen molar-refractivity contribution < 1.29 is 14.2 Å². The summed E-state index contributed by atoms with van der Waals surface area (Å²) in [6.07, 6.45) is 0.135. The number of hydrogen-bond donors (Lipinski definition) is 2. The zero-order valence-electron chi connectivity index (χ0n) is 10.8. The van der Waals surface area contributed by atoms with Crippen molar-refractivity contribution >= 4 is 52.9 Å². The molecule has 0 spiro atoms. The Morgan fingerprint density at radius 2 is 2.22 bits per heavy atom. The summed E-state index contributed by atoms with van der Waals surface area (Å²) in [4.78, 5) is 15.8. The molecule has 0 bridgehead atoms. The highest BCUT2D eigenvalue weighted by Gasteiger charge is 2.07. The molecule has 0 saturated carbocycles. The molecule has 0 saturated heterocycles. The van der Waals surface area contributed by atoms with Gasteiger partial charge in [-0.1, -0.05) is 28.9 Å². The minimum Gasteiger partial charge on any atom is -0.353 e. The van der Waals surface area contributed by atoms with Crippen molar-refractivity contribution in [2.45, 2.75) is 6.92 Å². The van der Waals surface area contributed by atoms with E-state index in [0.717, 1.165) is 0 Å². The quantitative estimate of drug-likeness (QED) is 0.108. The second-order valence-corrected chi connectivity index (χ2v) is 10.0. The van der Waals surface area contributed by atoms with Crippen molar-refractivity contribution in [1.29, 1.82) is 0 Å². The molecule has 6 nitrogen and oxygen atoms in total. The molecule has 0 aliphatic carbocycles. The molecule has 106 valence electrons. The van der Waals surface area contributed by atoms with Crippen LogP contribution in [-0.2, 0) is 21.2 Å². The molecule has 0 fully saturated rings. The van der Waals surface area contributed by atoms with Crippen molar-refractivity contribution in [3.63, 3.8) is 0 Å². The van der Waals surface area contributed by atoms with Crippen LogP contribution in [0.5, 0.6) is 0 Å². The first kappa shape index (κ1) is 18.2. The molecule has 1 unspecified atom stereocenters. The van der Waals surface area contributed by atoms with Crippen molar-refractivity contribution in [3.8, 4) is 0 Å². The van der Waals surface area contributed by atoms with Gasteiger partial charge in [0.15, 0.2) is 0 Å². The van der Waals surface area contributed by atoms with Crippen LogP contribution in [0.15, 0.2) is 5.16 Å². The largest absolute Gasteiger partial charge is 0.434 e. The summed E-state index contributed by atoms with van der Waals surface area (Å²) < 4.78 is 8.20. The SMILES string of the molecule is COP(C)(=S)CNSCNC(=O)ON=C(C)SC. The fraction of sp³-hybridized carbons (Fsp3) is 0.750. The van der Waals surface area contributed by atoms with Crippen molar-refractivity contribution in [1.82, 2.24) is 10.0 Å². The van der Waals surface area contributed by atoms with Crippen LogP contribution in [-0.4, -0.2) is 43.3 Å². The number of rotatable bonds is 7. The first-order chi connectivity index (χ1) is 8.41. The lowest BCUT2D eigenvalue weighted by molar-refractivity contribution is 0.153. The van der Waals surface area contributed by atoms with E-state index in [1.54, 1.807) is 14.0 Å². The molecule has 0 rings (SSSR count). The fourth-order valence-electron chi connectivity index (χ4n) is 0.549. The molecular weight excluding hydrogens is 313 g/mol. The number of oxime groups is 1. The highest BCUT2D eigenvalue weighted by atomic mass is 32.4. The van der Waals surface area contributed by atoms with Gasteiger partial charge in [0.05, 0.1) is 18.4 Å². The van der Waals surface area contributed by atoms with Crippen LogP contribution in [0.3, 0.4) is 0 Å². The molecular formula is C8H18N3O3PS3. The second-order valence-electron chi connectivity index (χ2n) is 3.16. The van der Waals surface area contributed by atoms with Gasteiger partial charge >= 0.3 is 6.09 Å². The summed E-state index contributed by atoms with van der Waals surface area (Å²) in [7, 11) is 1.61. The number of nitrogens with one attached hydrogen (secondary N) is 2. The minimum absolute atomic E-state index is 0.367. The fourth-order valence-corrected chi connectivity index (χ4v) is 2.86. The maximum Gasteiger partial charge on any atom is 0.434 e. The molecule has 10 heteroatoms. The van der Waals surface area contributed by atoms with Gasteiger partial charge in [0.2, 0.25) is 0 Å². The maximum atomic E-state index is 11.2. The Balaban J connectivity index is 3.61. The summed E-state index contributed by atoms with van der Waals surface area (Å²) in [6, 6.07) is 0. The van der Waals surface area contributed by atoms with Crippen LogP contribution in [0.25, 0.3) is 0 Å². The van der Waals surface area contributed by atoms with Gasteiger partial charge in [-0.15, -0.1) is 11.8 Å². The molecule has 0 aromatic carbocycles. The molecule has 18 heavy (non-hydrogen) atoms.